The van der Waals surface area contributed by atoms with E-state index < -0.39 is 0 Å². The molecule has 108 valence electrons. The second kappa shape index (κ2) is 5.69. The molecular weight excluding hydrogens is 292 g/mol. The van der Waals surface area contributed by atoms with Crippen molar-refractivity contribution in [2.75, 3.05) is 0 Å². The normalized spacial score (nSPS) is 11.1. The first-order valence-electron chi connectivity index (χ1n) is 7.05. The van der Waals surface area contributed by atoms with E-state index in [4.69, 9.17) is 0 Å². The largest absolute Gasteiger partial charge is 0.333 e. The zero-order chi connectivity index (χ0) is 14.8. The fourth-order valence-corrected chi connectivity index (χ4v) is 3.16. The Bertz CT molecular complexity index is 846. The molecule has 4 aromatic rings. The molecule has 5 heteroatoms. The molecule has 4 nitrogen and oxygen atoms in total. The zero-order valence-corrected chi connectivity index (χ0v) is 12.6. The SMILES string of the molecule is c1ccc2[nH]c(SCc3ccc(-n4cccn4)cc3)nc2c1. The van der Waals surface area contributed by atoms with E-state index in [0.29, 0.717) is 0 Å². The van der Waals surface area contributed by atoms with Crippen LogP contribution in [0.2, 0.25) is 0 Å². The molecule has 0 unspecified atom stereocenters. The molecule has 0 atom stereocenters. The summed E-state index contributed by atoms with van der Waals surface area (Å²) in [4.78, 5) is 7.92. The van der Waals surface area contributed by atoms with E-state index in [2.05, 4.69) is 39.3 Å². The van der Waals surface area contributed by atoms with Crippen molar-refractivity contribution in [3.8, 4) is 5.69 Å². The highest BCUT2D eigenvalue weighted by Crippen LogP contribution is 2.23. The van der Waals surface area contributed by atoms with E-state index in [-0.39, 0.29) is 0 Å². The summed E-state index contributed by atoms with van der Waals surface area (Å²) in [6, 6.07) is 18.4. The number of hydrogen-bond acceptors (Lipinski definition) is 3. The van der Waals surface area contributed by atoms with E-state index in [1.807, 2.05) is 41.2 Å². The van der Waals surface area contributed by atoms with E-state index >= 15 is 0 Å². The van der Waals surface area contributed by atoms with Gasteiger partial charge in [-0.3, -0.25) is 0 Å². The molecule has 0 fully saturated rings. The molecule has 2 aromatic heterocycles. The lowest BCUT2D eigenvalue weighted by Crippen LogP contribution is -1.93. The molecule has 0 aliphatic carbocycles. The molecule has 4 rings (SSSR count). The lowest BCUT2D eigenvalue weighted by molar-refractivity contribution is 0.880. The molecule has 2 heterocycles. The average molecular weight is 306 g/mol. The van der Waals surface area contributed by atoms with Gasteiger partial charge in [-0.25, -0.2) is 9.67 Å². The number of fused-ring (bicyclic) bond motifs is 1. The van der Waals surface area contributed by atoms with Gasteiger partial charge in [-0.05, 0) is 35.9 Å². The van der Waals surface area contributed by atoms with Gasteiger partial charge >= 0.3 is 0 Å². The van der Waals surface area contributed by atoms with Crippen molar-refractivity contribution in [2.45, 2.75) is 10.9 Å². The van der Waals surface area contributed by atoms with Crippen LogP contribution in [0, 0.1) is 0 Å². The first-order chi connectivity index (χ1) is 10.9. The summed E-state index contributed by atoms with van der Waals surface area (Å²) < 4.78 is 1.86. The number of benzene rings is 2. The highest BCUT2D eigenvalue weighted by atomic mass is 32.2. The Morgan fingerprint density at radius 2 is 1.86 bits per heavy atom. The first-order valence-corrected chi connectivity index (χ1v) is 8.03. The number of para-hydroxylation sites is 2. The summed E-state index contributed by atoms with van der Waals surface area (Å²) in [5.74, 6) is 0.888. The minimum absolute atomic E-state index is 0.888. The maximum Gasteiger partial charge on any atom is 0.166 e. The number of aromatic nitrogens is 4. The number of rotatable bonds is 4. The molecule has 0 bridgehead atoms. The van der Waals surface area contributed by atoms with Gasteiger partial charge in [0.2, 0.25) is 0 Å². The summed E-state index contributed by atoms with van der Waals surface area (Å²) in [7, 11) is 0. The van der Waals surface area contributed by atoms with Crippen molar-refractivity contribution < 1.29 is 0 Å². The van der Waals surface area contributed by atoms with Crippen LogP contribution >= 0.6 is 11.8 Å². The fourth-order valence-electron chi connectivity index (χ4n) is 2.32. The molecule has 0 aliphatic heterocycles. The van der Waals surface area contributed by atoms with Gasteiger partial charge < -0.3 is 4.98 Å². The van der Waals surface area contributed by atoms with E-state index in [1.165, 1.54) is 5.56 Å². The van der Waals surface area contributed by atoms with Crippen LogP contribution in [0.3, 0.4) is 0 Å². The van der Waals surface area contributed by atoms with Crippen LogP contribution in [0.1, 0.15) is 5.56 Å². The number of nitrogens with zero attached hydrogens (tertiary/aromatic N) is 3. The van der Waals surface area contributed by atoms with Crippen molar-refractivity contribution in [2.24, 2.45) is 0 Å². The zero-order valence-electron chi connectivity index (χ0n) is 11.8. The topological polar surface area (TPSA) is 46.5 Å². The average Bonchev–Trinajstić information content (AvgIpc) is 3.22. The van der Waals surface area contributed by atoms with Crippen LogP contribution in [0.15, 0.2) is 72.1 Å². The monoisotopic (exact) mass is 306 g/mol. The lowest BCUT2D eigenvalue weighted by atomic mass is 10.2. The Morgan fingerprint density at radius 3 is 2.64 bits per heavy atom. The predicted octanol–water partition coefficient (Wildman–Crippen LogP) is 4.04. The third-order valence-electron chi connectivity index (χ3n) is 3.45. The molecule has 22 heavy (non-hydrogen) atoms. The maximum absolute atomic E-state index is 4.58. The Morgan fingerprint density at radius 1 is 1.00 bits per heavy atom. The minimum Gasteiger partial charge on any atom is -0.333 e. The van der Waals surface area contributed by atoms with Crippen LogP contribution in [0.25, 0.3) is 16.7 Å². The smallest absolute Gasteiger partial charge is 0.166 e. The van der Waals surface area contributed by atoms with Gasteiger partial charge in [0.05, 0.1) is 16.7 Å². The fraction of sp³-hybridized carbons (Fsp3) is 0.0588. The first kappa shape index (κ1) is 13.2. The second-order valence-electron chi connectivity index (χ2n) is 4.96. The standard InChI is InChI=1S/C17H14N4S/c1-2-5-16-15(4-1)19-17(20-16)22-12-13-6-8-14(9-7-13)21-11-3-10-18-21/h1-11H,12H2,(H,19,20). The maximum atomic E-state index is 4.58. The number of hydrogen-bond donors (Lipinski definition) is 1. The van der Waals surface area contributed by atoms with Crippen molar-refractivity contribution in [3.05, 3.63) is 72.6 Å². The van der Waals surface area contributed by atoms with E-state index in [0.717, 1.165) is 27.6 Å². The van der Waals surface area contributed by atoms with Crippen LogP contribution in [-0.2, 0) is 5.75 Å². The van der Waals surface area contributed by atoms with E-state index in [1.54, 1.807) is 18.0 Å². The second-order valence-corrected chi connectivity index (χ2v) is 5.93. The molecule has 0 radical (unpaired) electrons. The van der Waals surface area contributed by atoms with Gasteiger partial charge in [0.1, 0.15) is 0 Å². The van der Waals surface area contributed by atoms with Crippen molar-refractivity contribution >= 4 is 22.8 Å². The van der Waals surface area contributed by atoms with Gasteiger partial charge in [-0.15, -0.1) is 0 Å². The summed E-state index contributed by atoms with van der Waals surface area (Å²) in [6.45, 7) is 0. The highest BCUT2D eigenvalue weighted by Gasteiger charge is 2.03. The Balaban J connectivity index is 1.47. The van der Waals surface area contributed by atoms with Crippen molar-refractivity contribution in [1.82, 2.24) is 19.7 Å². The minimum atomic E-state index is 0.888. The summed E-state index contributed by atoms with van der Waals surface area (Å²) >= 11 is 1.71. The molecular formula is C17H14N4S. The summed E-state index contributed by atoms with van der Waals surface area (Å²) in [6.07, 6.45) is 3.73. The van der Waals surface area contributed by atoms with Crippen LogP contribution in [0.4, 0.5) is 0 Å². The Kier molecular flexibility index (Phi) is 3.40. The van der Waals surface area contributed by atoms with Gasteiger partial charge in [0.15, 0.2) is 5.16 Å². The molecule has 0 spiro atoms. The third-order valence-corrected chi connectivity index (χ3v) is 4.39. The number of thioether (sulfide) groups is 1. The quantitative estimate of drug-likeness (QED) is 0.579. The Hall–Kier alpha value is -2.53. The van der Waals surface area contributed by atoms with Gasteiger partial charge in [0.25, 0.3) is 0 Å². The number of imidazole rings is 1. The number of nitrogens with one attached hydrogen (secondary N) is 1. The lowest BCUT2D eigenvalue weighted by Gasteiger charge is -2.03. The van der Waals surface area contributed by atoms with E-state index in [9.17, 15) is 0 Å². The number of H-pyrrole nitrogens is 1. The van der Waals surface area contributed by atoms with Crippen LogP contribution in [-0.4, -0.2) is 19.7 Å². The molecule has 1 N–H and O–H groups in total. The highest BCUT2D eigenvalue weighted by molar-refractivity contribution is 7.98. The molecule has 0 saturated carbocycles. The van der Waals surface area contributed by atoms with Crippen molar-refractivity contribution in [3.63, 3.8) is 0 Å². The van der Waals surface area contributed by atoms with Gasteiger partial charge in [-0.1, -0.05) is 36.0 Å². The summed E-state index contributed by atoms with van der Waals surface area (Å²) in [5.41, 5.74) is 4.43. The summed E-state index contributed by atoms with van der Waals surface area (Å²) in [5, 5.41) is 5.19. The van der Waals surface area contributed by atoms with Gasteiger partial charge in [0, 0.05) is 18.1 Å². The van der Waals surface area contributed by atoms with Gasteiger partial charge in [-0.2, -0.15) is 5.10 Å². The molecule has 2 aromatic carbocycles. The third kappa shape index (κ3) is 2.63. The van der Waals surface area contributed by atoms with Crippen LogP contribution < -0.4 is 0 Å². The number of aromatic amines is 1. The van der Waals surface area contributed by atoms with Crippen molar-refractivity contribution in [1.29, 1.82) is 0 Å². The Labute approximate surface area is 132 Å². The molecule has 0 saturated heterocycles. The predicted molar refractivity (Wildman–Crippen MR) is 89.2 cm³/mol. The molecule has 0 aliphatic rings. The van der Waals surface area contributed by atoms with Crippen LogP contribution in [0.5, 0.6) is 0 Å². The molecule has 0 amide bonds.